The summed E-state index contributed by atoms with van der Waals surface area (Å²) in [5, 5.41) is 9.21. The lowest BCUT2D eigenvalue weighted by Crippen LogP contribution is -2.36. The number of hydrogen-bond acceptors (Lipinski definition) is 4. The molecule has 1 atom stereocenters. The van der Waals surface area contributed by atoms with E-state index in [-0.39, 0.29) is 11.2 Å². The Morgan fingerprint density at radius 3 is 2.26 bits per heavy atom. The molecule has 0 aliphatic rings. The monoisotopic (exact) mass is 380 g/mol. The van der Waals surface area contributed by atoms with E-state index in [0.717, 1.165) is 28.8 Å². The molecule has 0 spiro atoms. The molecule has 1 heterocycles. The van der Waals surface area contributed by atoms with Gasteiger partial charge in [0.25, 0.3) is 0 Å². The van der Waals surface area contributed by atoms with Gasteiger partial charge in [-0.15, -0.1) is 10.2 Å². The van der Waals surface area contributed by atoms with Gasteiger partial charge in [-0.25, -0.2) is 0 Å². The standard InChI is InChI=1S/C21H24N4OS/c1-4-24(18-14-10-7-11-15-18)20(26)16(3)27-21-23-22-19(25(21)5-2)17-12-8-6-9-13-17/h6-16H,4-5H2,1-3H3. The number of rotatable bonds is 7. The van der Waals surface area contributed by atoms with Crippen LogP contribution >= 0.6 is 11.8 Å². The summed E-state index contributed by atoms with van der Waals surface area (Å²) in [6.45, 7) is 7.36. The lowest BCUT2D eigenvalue weighted by Gasteiger charge is -2.24. The van der Waals surface area contributed by atoms with Crippen LogP contribution in [0.2, 0.25) is 0 Å². The van der Waals surface area contributed by atoms with E-state index < -0.39 is 0 Å². The molecule has 0 aliphatic carbocycles. The van der Waals surface area contributed by atoms with Crippen molar-refractivity contribution in [2.45, 2.75) is 37.7 Å². The van der Waals surface area contributed by atoms with Gasteiger partial charge in [0.05, 0.1) is 5.25 Å². The minimum absolute atomic E-state index is 0.0700. The third kappa shape index (κ3) is 4.22. The van der Waals surface area contributed by atoms with Crippen molar-refractivity contribution >= 4 is 23.4 Å². The Morgan fingerprint density at radius 2 is 1.67 bits per heavy atom. The lowest BCUT2D eigenvalue weighted by atomic mass is 10.2. The number of amides is 1. The molecule has 0 fully saturated rings. The summed E-state index contributed by atoms with van der Waals surface area (Å²) in [5.41, 5.74) is 1.94. The number of thioether (sulfide) groups is 1. The molecule has 6 heteroatoms. The zero-order valence-corrected chi connectivity index (χ0v) is 16.7. The van der Waals surface area contributed by atoms with E-state index in [9.17, 15) is 4.79 Å². The van der Waals surface area contributed by atoms with E-state index in [4.69, 9.17) is 0 Å². The first-order valence-electron chi connectivity index (χ1n) is 9.17. The number of anilines is 1. The molecular weight excluding hydrogens is 356 g/mol. The second kappa shape index (κ2) is 8.86. The van der Waals surface area contributed by atoms with Crippen LogP contribution in [0.15, 0.2) is 65.8 Å². The summed E-state index contributed by atoms with van der Waals surface area (Å²) in [6, 6.07) is 19.8. The third-order valence-electron chi connectivity index (χ3n) is 4.35. The Balaban J connectivity index is 1.80. The number of benzene rings is 2. The predicted molar refractivity (Wildman–Crippen MR) is 111 cm³/mol. The maximum atomic E-state index is 13.0. The maximum Gasteiger partial charge on any atom is 0.240 e. The molecule has 3 aromatic rings. The van der Waals surface area contributed by atoms with Gasteiger partial charge in [-0.3, -0.25) is 4.79 Å². The number of nitrogens with zero attached hydrogens (tertiary/aromatic N) is 4. The fourth-order valence-electron chi connectivity index (χ4n) is 2.96. The van der Waals surface area contributed by atoms with Crippen molar-refractivity contribution in [2.75, 3.05) is 11.4 Å². The SMILES string of the molecule is CCN(C(=O)C(C)Sc1nnc(-c2ccccc2)n1CC)c1ccccc1. The molecule has 0 bridgehead atoms. The lowest BCUT2D eigenvalue weighted by molar-refractivity contribution is -0.117. The predicted octanol–water partition coefficient (Wildman–Crippen LogP) is 4.50. The van der Waals surface area contributed by atoms with Crippen LogP contribution in [-0.2, 0) is 11.3 Å². The van der Waals surface area contributed by atoms with Crippen LogP contribution in [0.5, 0.6) is 0 Å². The van der Waals surface area contributed by atoms with Crippen LogP contribution in [0.1, 0.15) is 20.8 Å². The minimum Gasteiger partial charge on any atom is -0.312 e. The summed E-state index contributed by atoms with van der Waals surface area (Å²) in [5.74, 6) is 0.899. The van der Waals surface area contributed by atoms with E-state index in [1.54, 1.807) is 0 Å². The Morgan fingerprint density at radius 1 is 1.04 bits per heavy atom. The Labute approximate surface area is 164 Å². The molecule has 1 aromatic heterocycles. The van der Waals surface area contributed by atoms with Gasteiger partial charge in [0, 0.05) is 24.3 Å². The number of carbonyl (C=O) groups is 1. The molecule has 0 N–H and O–H groups in total. The van der Waals surface area contributed by atoms with Gasteiger partial charge in [-0.1, -0.05) is 60.3 Å². The van der Waals surface area contributed by atoms with E-state index in [2.05, 4.69) is 21.7 Å². The van der Waals surface area contributed by atoms with E-state index in [1.165, 1.54) is 11.8 Å². The highest BCUT2D eigenvalue weighted by molar-refractivity contribution is 8.00. The molecule has 0 saturated carbocycles. The van der Waals surface area contributed by atoms with Crippen LogP contribution in [0, 0.1) is 0 Å². The molecule has 0 radical (unpaired) electrons. The zero-order chi connectivity index (χ0) is 19.2. The molecular formula is C21H24N4OS. The number of hydrogen-bond donors (Lipinski definition) is 0. The highest BCUT2D eigenvalue weighted by Gasteiger charge is 2.24. The molecule has 27 heavy (non-hydrogen) atoms. The van der Waals surface area contributed by atoms with Crippen molar-refractivity contribution in [3.8, 4) is 11.4 Å². The molecule has 5 nitrogen and oxygen atoms in total. The molecule has 140 valence electrons. The highest BCUT2D eigenvalue weighted by atomic mass is 32.2. The van der Waals surface area contributed by atoms with Crippen molar-refractivity contribution in [1.82, 2.24) is 14.8 Å². The summed E-state index contributed by atoms with van der Waals surface area (Å²) in [6.07, 6.45) is 0. The summed E-state index contributed by atoms with van der Waals surface area (Å²) >= 11 is 1.45. The van der Waals surface area contributed by atoms with Crippen LogP contribution in [-0.4, -0.2) is 32.5 Å². The fraction of sp³-hybridized carbons (Fsp3) is 0.286. The number of aromatic nitrogens is 3. The Kier molecular flexibility index (Phi) is 6.29. The van der Waals surface area contributed by atoms with E-state index in [1.807, 2.05) is 79.4 Å². The van der Waals surface area contributed by atoms with Crippen LogP contribution in [0.3, 0.4) is 0 Å². The first kappa shape index (κ1) is 19.2. The quantitative estimate of drug-likeness (QED) is 0.566. The van der Waals surface area contributed by atoms with Gasteiger partial charge < -0.3 is 9.47 Å². The summed E-state index contributed by atoms with van der Waals surface area (Å²) < 4.78 is 2.06. The summed E-state index contributed by atoms with van der Waals surface area (Å²) in [7, 11) is 0. The number of para-hydroxylation sites is 1. The minimum atomic E-state index is -0.261. The van der Waals surface area contributed by atoms with Crippen LogP contribution in [0.4, 0.5) is 5.69 Å². The van der Waals surface area contributed by atoms with Gasteiger partial charge in [-0.2, -0.15) is 0 Å². The molecule has 3 rings (SSSR count). The normalized spacial score (nSPS) is 12.0. The van der Waals surface area contributed by atoms with Gasteiger partial charge in [-0.05, 0) is 32.9 Å². The van der Waals surface area contributed by atoms with Gasteiger partial charge in [0.1, 0.15) is 0 Å². The fourth-order valence-corrected chi connectivity index (χ4v) is 3.94. The van der Waals surface area contributed by atoms with E-state index in [0.29, 0.717) is 6.54 Å². The van der Waals surface area contributed by atoms with Crippen LogP contribution in [0.25, 0.3) is 11.4 Å². The molecule has 1 amide bonds. The van der Waals surface area contributed by atoms with Gasteiger partial charge in [0.15, 0.2) is 11.0 Å². The average Bonchev–Trinajstić information content (AvgIpc) is 3.12. The highest BCUT2D eigenvalue weighted by Crippen LogP contribution is 2.28. The van der Waals surface area contributed by atoms with Crippen molar-refractivity contribution in [2.24, 2.45) is 0 Å². The largest absolute Gasteiger partial charge is 0.312 e. The topological polar surface area (TPSA) is 51.0 Å². The first-order valence-corrected chi connectivity index (χ1v) is 10.0. The second-order valence-corrected chi connectivity index (χ2v) is 7.40. The molecule has 1 unspecified atom stereocenters. The first-order chi connectivity index (χ1) is 13.2. The van der Waals surface area contributed by atoms with E-state index >= 15 is 0 Å². The number of carbonyl (C=O) groups excluding carboxylic acids is 1. The van der Waals surface area contributed by atoms with Crippen LogP contribution < -0.4 is 4.90 Å². The maximum absolute atomic E-state index is 13.0. The van der Waals surface area contributed by atoms with Crippen molar-refractivity contribution in [1.29, 1.82) is 0 Å². The smallest absolute Gasteiger partial charge is 0.240 e. The van der Waals surface area contributed by atoms with Gasteiger partial charge >= 0.3 is 0 Å². The molecule has 0 aliphatic heterocycles. The zero-order valence-electron chi connectivity index (χ0n) is 15.9. The third-order valence-corrected chi connectivity index (χ3v) is 5.41. The second-order valence-electron chi connectivity index (χ2n) is 6.09. The van der Waals surface area contributed by atoms with Crippen molar-refractivity contribution in [3.05, 3.63) is 60.7 Å². The van der Waals surface area contributed by atoms with Crippen molar-refractivity contribution < 1.29 is 4.79 Å². The molecule has 0 saturated heterocycles. The molecule has 2 aromatic carbocycles. The van der Waals surface area contributed by atoms with Gasteiger partial charge in [0.2, 0.25) is 5.91 Å². The average molecular weight is 381 g/mol. The Hall–Kier alpha value is -2.60. The Bertz CT molecular complexity index is 880. The van der Waals surface area contributed by atoms with Crippen molar-refractivity contribution in [3.63, 3.8) is 0 Å². The summed E-state index contributed by atoms with van der Waals surface area (Å²) in [4.78, 5) is 14.8.